The van der Waals surface area contributed by atoms with Crippen LogP contribution in [0.5, 0.6) is 0 Å². The highest BCUT2D eigenvalue weighted by atomic mass is 15.2. The lowest BCUT2D eigenvalue weighted by molar-refractivity contribution is 0.166. The molecule has 2 unspecified atom stereocenters. The van der Waals surface area contributed by atoms with Crippen LogP contribution in [-0.2, 0) is 0 Å². The van der Waals surface area contributed by atoms with Gasteiger partial charge < -0.3 is 10.2 Å². The Kier molecular flexibility index (Phi) is 6.11. The second kappa shape index (κ2) is 7.61. The highest BCUT2D eigenvalue weighted by Crippen LogP contribution is 2.19. The lowest BCUT2D eigenvalue weighted by Gasteiger charge is -2.32. The number of rotatable bonds is 7. The summed E-state index contributed by atoms with van der Waals surface area (Å²) < 4.78 is 0. The summed E-state index contributed by atoms with van der Waals surface area (Å²) in [7, 11) is 2.30. The molecular weight excluding hydrogens is 234 g/mol. The lowest BCUT2D eigenvalue weighted by atomic mass is 10.1. The summed E-state index contributed by atoms with van der Waals surface area (Å²) >= 11 is 0. The molecule has 1 heterocycles. The minimum absolute atomic E-state index is 0.653. The molecule has 2 fully saturated rings. The fraction of sp³-hybridized carbons (Fsp3) is 1.00. The van der Waals surface area contributed by atoms with E-state index >= 15 is 0 Å². The molecule has 112 valence electrons. The molecule has 19 heavy (non-hydrogen) atoms. The summed E-state index contributed by atoms with van der Waals surface area (Å²) in [5, 5.41) is 3.76. The van der Waals surface area contributed by atoms with Gasteiger partial charge in [-0.2, -0.15) is 0 Å². The molecule has 0 bridgehead atoms. The van der Waals surface area contributed by atoms with Gasteiger partial charge in [-0.3, -0.25) is 4.90 Å². The van der Waals surface area contributed by atoms with Crippen molar-refractivity contribution >= 4 is 0 Å². The summed E-state index contributed by atoms with van der Waals surface area (Å²) in [5.74, 6) is 0. The van der Waals surface area contributed by atoms with Crippen molar-refractivity contribution in [1.29, 1.82) is 0 Å². The van der Waals surface area contributed by atoms with Gasteiger partial charge in [0.1, 0.15) is 0 Å². The van der Waals surface area contributed by atoms with E-state index in [-0.39, 0.29) is 0 Å². The molecule has 3 heteroatoms. The van der Waals surface area contributed by atoms with Crippen molar-refractivity contribution in [3.63, 3.8) is 0 Å². The quantitative estimate of drug-likeness (QED) is 0.764. The van der Waals surface area contributed by atoms with E-state index in [0.29, 0.717) is 6.04 Å². The maximum atomic E-state index is 3.76. The molecule has 2 aliphatic rings. The van der Waals surface area contributed by atoms with Gasteiger partial charge in [-0.15, -0.1) is 0 Å². The third-order valence-electron chi connectivity index (χ3n) is 5.21. The first-order valence-electron chi connectivity index (χ1n) is 8.38. The number of likely N-dealkylation sites (tertiary alicyclic amines) is 1. The van der Waals surface area contributed by atoms with E-state index in [2.05, 4.69) is 36.0 Å². The molecule has 0 aromatic rings. The van der Waals surface area contributed by atoms with Crippen molar-refractivity contribution in [2.75, 3.05) is 33.2 Å². The molecular formula is C16H33N3. The molecule has 0 radical (unpaired) electrons. The average Bonchev–Trinajstić information content (AvgIpc) is 3.06. The Morgan fingerprint density at radius 2 is 1.95 bits per heavy atom. The van der Waals surface area contributed by atoms with E-state index in [1.54, 1.807) is 0 Å². The highest BCUT2D eigenvalue weighted by molar-refractivity contribution is 4.83. The van der Waals surface area contributed by atoms with Crippen molar-refractivity contribution in [2.45, 2.75) is 70.5 Å². The van der Waals surface area contributed by atoms with Gasteiger partial charge in [-0.1, -0.05) is 19.8 Å². The van der Waals surface area contributed by atoms with E-state index in [9.17, 15) is 0 Å². The fourth-order valence-corrected chi connectivity index (χ4v) is 3.65. The summed E-state index contributed by atoms with van der Waals surface area (Å²) in [6.45, 7) is 9.58. The smallest absolute Gasteiger partial charge is 0.0223 e. The van der Waals surface area contributed by atoms with Crippen LogP contribution in [0.2, 0.25) is 0 Å². The van der Waals surface area contributed by atoms with Gasteiger partial charge in [0.15, 0.2) is 0 Å². The monoisotopic (exact) mass is 267 g/mol. The largest absolute Gasteiger partial charge is 0.312 e. The van der Waals surface area contributed by atoms with Crippen LogP contribution >= 0.6 is 0 Å². The lowest BCUT2D eigenvalue weighted by Crippen LogP contribution is -2.46. The first-order valence-corrected chi connectivity index (χ1v) is 8.38. The topological polar surface area (TPSA) is 18.5 Å². The van der Waals surface area contributed by atoms with Crippen molar-refractivity contribution in [3.8, 4) is 0 Å². The zero-order chi connectivity index (χ0) is 13.7. The Balaban J connectivity index is 1.67. The van der Waals surface area contributed by atoms with Crippen molar-refractivity contribution in [1.82, 2.24) is 15.1 Å². The normalized spacial score (nSPS) is 27.5. The first-order chi connectivity index (χ1) is 9.20. The first kappa shape index (κ1) is 15.3. The molecule has 0 amide bonds. The van der Waals surface area contributed by atoms with Gasteiger partial charge >= 0.3 is 0 Å². The second-order valence-electron chi connectivity index (χ2n) is 6.60. The van der Waals surface area contributed by atoms with Gasteiger partial charge in [-0.05, 0) is 52.7 Å². The Labute approximate surface area is 119 Å². The Morgan fingerprint density at radius 1 is 1.21 bits per heavy atom. The molecule has 0 aromatic heterocycles. The van der Waals surface area contributed by atoms with Gasteiger partial charge in [0.2, 0.25) is 0 Å². The zero-order valence-corrected chi connectivity index (χ0v) is 13.2. The zero-order valence-electron chi connectivity index (χ0n) is 13.2. The van der Waals surface area contributed by atoms with Crippen LogP contribution in [0.4, 0.5) is 0 Å². The third-order valence-corrected chi connectivity index (χ3v) is 5.21. The minimum atomic E-state index is 0.653. The summed E-state index contributed by atoms with van der Waals surface area (Å²) in [4.78, 5) is 5.20. The molecule has 1 N–H and O–H groups in total. The molecule has 1 aliphatic carbocycles. The highest BCUT2D eigenvalue weighted by Gasteiger charge is 2.25. The summed E-state index contributed by atoms with van der Waals surface area (Å²) in [5.41, 5.74) is 0. The maximum absolute atomic E-state index is 3.76. The van der Waals surface area contributed by atoms with Gasteiger partial charge in [-0.25, -0.2) is 0 Å². The molecule has 0 spiro atoms. The number of likely N-dealkylation sites (N-methyl/N-ethyl adjacent to an activating group) is 2. The van der Waals surface area contributed by atoms with E-state index in [1.165, 1.54) is 58.2 Å². The summed E-state index contributed by atoms with van der Waals surface area (Å²) in [6.07, 6.45) is 8.41. The predicted molar refractivity (Wildman–Crippen MR) is 82.6 cm³/mol. The van der Waals surface area contributed by atoms with Gasteiger partial charge in [0, 0.05) is 31.2 Å². The van der Waals surface area contributed by atoms with Crippen LogP contribution in [0.25, 0.3) is 0 Å². The minimum Gasteiger partial charge on any atom is -0.312 e. The summed E-state index contributed by atoms with van der Waals surface area (Å²) in [6, 6.07) is 2.25. The number of hydrogen-bond acceptors (Lipinski definition) is 3. The fourth-order valence-electron chi connectivity index (χ4n) is 3.65. The molecule has 0 aromatic carbocycles. The van der Waals surface area contributed by atoms with Crippen LogP contribution in [0.15, 0.2) is 0 Å². The third kappa shape index (κ3) is 4.44. The standard InChI is InChI=1S/C16H33N3/c1-4-19-11-7-10-16(19)13-18(3)14(2)12-17-15-8-5-6-9-15/h14-17H,4-13H2,1-3H3. The second-order valence-corrected chi connectivity index (χ2v) is 6.60. The van der Waals surface area contributed by atoms with Crippen LogP contribution in [0.3, 0.4) is 0 Å². The number of nitrogens with one attached hydrogen (secondary N) is 1. The maximum Gasteiger partial charge on any atom is 0.0223 e. The van der Waals surface area contributed by atoms with Crippen molar-refractivity contribution < 1.29 is 0 Å². The van der Waals surface area contributed by atoms with Gasteiger partial charge in [0.05, 0.1) is 0 Å². The average molecular weight is 267 g/mol. The Hall–Kier alpha value is -0.120. The van der Waals surface area contributed by atoms with Crippen LogP contribution in [0, 0.1) is 0 Å². The molecule has 2 atom stereocenters. The molecule has 1 aliphatic heterocycles. The van der Waals surface area contributed by atoms with E-state index in [4.69, 9.17) is 0 Å². The van der Waals surface area contributed by atoms with E-state index in [0.717, 1.165) is 18.6 Å². The van der Waals surface area contributed by atoms with Crippen molar-refractivity contribution in [2.24, 2.45) is 0 Å². The predicted octanol–water partition coefficient (Wildman–Crippen LogP) is 2.32. The van der Waals surface area contributed by atoms with Crippen LogP contribution in [0.1, 0.15) is 52.4 Å². The molecule has 2 rings (SSSR count). The van der Waals surface area contributed by atoms with E-state index < -0.39 is 0 Å². The molecule has 3 nitrogen and oxygen atoms in total. The van der Waals surface area contributed by atoms with E-state index in [1.807, 2.05) is 0 Å². The SMILES string of the molecule is CCN1CCCC1CN(C)C(C)CNC1CCCC1. The molecule has 1 saturated carbocycles. The number of hydrogen-bond donors (Lipinski definition) is 1. The van der Waals surface area contributed by atoms with Gasteiger partial charge in [0.25, 0.3) is 0 Å². The van der Waals surface area contributed by atoms with Crippen molar-refractivity contribution in [3.05, 3.63) is 0 Å². The Morgan fingerprint density at radius 3 is 2.63 bits per heavy atom. The molecule has 1 saturated heterocycles. The Bertz CT molecular complexity index is 250. The number of nitrogens with zero attached hydrogens (tertiary/aromatic N) is 2. The van der Waals surface area contributed by atoms with Crippen LogP contribution in [-0.4, -0.2) is 61.2 Å². The van der Waals surface area contributed by atoms with Crippen LogP contribution < -0.4 is 5.32 Å².